The van der Waals surface area contributed by atoms with E-state index < -0.39 is 9.84 Å². The van der Waals surface area contributed by atoms with Gasteiger partial charge < -0.3 is 4.84 Å². The Morgan fingerprint density at radius 2 is 2.07 bits per heavy atom. The van der Waals surface area contributed by atoms with E-state index in [0.29, 0.717) is 5.69 Å². The first-order chi connectivity index (χ1) is 6.38. The van der Waals surface area contributed by atoms with E-state index in [0.717, 1.165) is 11.2 Å². The fraction of sp³-hybridized carbons (Fsp3) is 0.714. The molecule has 0 aliphatic carbocycles. The fourth-order valence-electron chi connectivity index (χ4n) is 1.09. The van der Waals surface area contributed by atoms with Crippen LogP contribution in [0.25, 0.3) is 0 Å². The smallest absolute Gasteiger partial charge is 0.305 e. The summed E-state index contributed by atoms with van der Waals surface area (Å²) in [6, 6.07) is 0. The summed E-state index contributed by atoms with van der Waals surface area (Å²) in [5, 5.41) is 3.38. The Morgan fingerprint density at radius 1 is 1.50 bits per heavy atom. The Labute approximate surface area is 82.3 Å². The Hall–Kier alpha value is -1.11. The molecule has 0 fully saturated rings. The summed E-state index contributed by atoms with van der Waals surface area (Å²) in [5.41, 5.74) is 0.412. The Bertz CT molecular complexity index is 421. The molecule has 14 heavy (non-hydrogen) atoms. The van der Waals surface area contributed by atoms with Crippen LogP contribution in [0.15, 0.2) is 9.65 Å². The molecule has 0 N–H and O–H groups in total. The summed E-state index contributed by atoms with van der Waals surface area (Å²) in [6.45, 7) is 3.66. The molecule has 6 nitrogen and oxygen atoms in total. The van der Waals surface area contributed by atoms with Crippen molar-refractivity contribution in [2.45, 2.75) is 24.8 Å². The summed E-state index contributed by atoms with van der Waals surface area (Å²) in [4.78, 5) is 5.81. The summed E-state index contributed by atoms with van der Waals surface area (Å²) in [6.07, 6.45) is 1.08. The number of aromatic nitrogens is 2. The third-order valence-electron chi connectivity index (χ3n) is 1.68. The van der Waals surface area contributed by atoms with Crippen LogP contribution in [0.4, 0.5) is 0 Å². The van der Waals surface area contributed by atoms with E-state index in [2.05, 4.69) is 5.16 Å². The van der Waals surface area contributed by atoms with E-state index in [1.165, 1.54) is 7.11 Å². The van der Waals surface area contributed by atoms with Crippen molar-refractivity contribution < 1.29 is 22.8 Å². The lowest BCUT2D eigenvalue weighted by atomic mass is 10.2. The predicted octanol–water partition coefficient (Wildman–Crippen LogP) is -0.453. The first-order valence-corrected chi connectivity index (χ1v) is 5.93. The van der Waals surface area contributed by atoms with Crippen LogP contribution in [0.3, 0.4) is 0 Å². The number of rotatable bonds is 3. The van der Waals surface area contributed by atoms with E-state index in [9.17, 15) is 8.42 Å². The Balaban J connectivity index is 3.40. The Morgan fingerprint density at radius 3 is 2.43 bits per heavy atom. The van der Waals surface area contributed by atoms with E-state index in [-0.39, 0.29) is 10.9 Å². The van der Waals surface area contributed by atoms with Crippen molar-refractivity contribution in [1.29, 1.82) is 0 Å². The van der Waals surface area contributed by atoms with E-state index in [1.54, 1.807) is 0 Å². The number of hydrogen-bond acceptors (Lipinski definition) is 5. The van der Waals surface area contributed by atoms with Gasteiger partial charge in [-0.25, -0.2) is 8.42 Å². The van der Waals surface area contributed by atoms with Gasteiger partial charge in [0.25, 0.3) is 5.69 Å². The maximum Gasteiger partial charge on any atom is 0.364 e. The van der Waals surface area contributed by atoms with Crippen LogP contribution in [-0.4, -0.2) is 26.9 Å². The molecule has 1 aromatic rings. The van der Waals surface area contributed by atoms with Crippen LogP contribution < -0.4 is 9.74 Å². The molecule has 0 bridgehead atoms. The molecule has 1 rings (SSSR count). The van der Waals surface area contributed by atoms with Crippen LogP contribution in [0.5, 0.6) is 0 Å². The fourth-order valence-corrected chi connectivity index (χ4v) is 1.95. The average molecular weight is 221 g/mol. The van der Waals surface area contributed by atoms with Crippen molar-refractivity contribution >= 4 is 9.84 Å². The second-order valence-corrected chi connectivity index (χ2v) is 5.16. The first-order valence-electron chi connectivity index (χ1n) is 4.04. The minimum atomic E-state index is -3.37. The van der Waals surface area contributed by atoms with Gasteiger partial charge >= 0.3 is 5.03 Å². The molecule has 0 amide bonds. The highest BCUT2D eigenvalue weighted by molar-refractivity contribution is 7.90. The van der Waals surface area contributed by atoms with Crippen LogP contribution in [0.1, 0.15) is 25.5 Å². The lowest BCUT2D eigenvalue weighted by molar-refractivity contribution is -1.03. The molecule has 80 valence electrons. The van der Waals surface area contributed by atoms with Gasteiger partial charge in [0, 0.05) is 12.2 Å². The van der Waals surface area contributed by atoms with Gasteiger partial charge in [0.15, 0.2) is 5.16 Å². The van der Waals surface area contributed by atoms with Crippen LogP contribution in [0, 0.1) is 0 Å². The maximum atomic E-state index is 11.3. The lowest BCUT2D eigenvalue weighted by Crippen LogP contribution is -2.43. The lowest BCUT2D eigenvalue weighted by Gasteiger charge is -1.97. The van der Waals surface area contributed by atoms with Crippen LogP contribution in [-0.2, 0) is 9.84 Å². The van der Waals surface area contributed by atoms with E-state index in [4.69, 9.17) is 9.47 Å². The molecule has 0 atom stereocenters. The predicted molar refractivity (Wildman–Crippen MR) is 46.4 cm³/mol. The summed E-state index contributed by atoms with van der Waals surface area (Å²) < 4.78 is 27.3. The third kappa shape index (κ3) is 1.87. The standard InChI is InChI=1S/C7H13N2O4S/c1-5(2)6-7(14(4,10)11)8-13-9(6)12-3/h5H,1-4H3/q+1. The molecule has 0 aromatic carbocycles. The van der Waals surface area contributed by atoms with E-state index in [1.807, 2.05) is 13.8 Å². The molecular formula is C7H13N2O4S+. The molecule has 0 radical (unpaired) electrons. The van der Waals surface area contributed by atoms with Crippen molar-refractivity contribution in [3.8, 4) is 0 Å². The van der Waals surface area contributed by atoms with Gasteiger partial charge in [-0.15, -0.1) is 0 Å². The van der Waals surface area contributed by atoms with Crippen molar-refractivity contribution in [2.24, 2.45) is 0 Å². The van der Waals surface area contributed by atoms with Gasteiger partial charge in [0.05, 0.1) is 0 Å². The summed E-state index contributed by atoms with van der Waals surface area (Å²) in [5.74, 6) is -0.0501. The second kappa shape index (κ2) is 3.56. The molecule has 7 heteroatoms. The molecule has 0 aliphatic heterocycles. The van der Waals surface area contributed by atoms with Crippen molar-refractivity contribution in [3.63, 3.8) is 0 Å². The monoisotopic (exact) mass is 221 g/mol. The average Bonchev–Trinajstić information content (AvgIpc) is 2.45. The normalized spacial score (nSPS) is 12.1. The van der Waals surface area contributed by atoms with Crippen molar-refractivity contribution in [3.05, 3.63) is 5.69 Å². The molecule has 0 unspecified atom stereocenters. The zero-order chi connectivity index (χ0) is 10.9. The number of sulfone groups is 1. The van der Waals surface area contributed by atoms with Gasteiger partial charge in [-0.2, -0.15) is 0 Å². The molecule has 0 saturated carbocycles. The molecular weight excluding hydrogens is 208 g/mol. The SMILES string of the molecule is CO[n+]1onc(S(C)(=O)=O)c1C(C)C. The number of nitrogens with zero attached hydrogens (tertiary/aromatic N) is 2. The zero-order valence-electron chi connectivity index (χ0n) is 8.51. The summed E-state index contributed by atoms with van der Waals surface area (Å²) >= 11 is 0. The van der Waals surface area contributed by atoms with Gasteiger partial charge in [-0.1, -0.05) is 13.8 Å². The van der Waals surface area contributed by atoms with E-state index >= 15 is 0 Å². The minimum Gasteiger partial charge on any atom is -0.305 e. The molecule has 0 aliphatic rings. The minimum absolute atomic E-state index is 0.0501. The van der Waals surface area contributed by atoms with Gasteiger partial charge in [-0.3, -0.25) is 0 Å². The molecule has 0 spiro atoms. The Kier molecular flexibility index (Phi) is 2.79. The largest absolute Gasteiger partial charge is 0.364 e. The summed E-state index contributed by atoms with van der Waals surface area (Å²) in [7, 11) is -2.00. The topological polar surface area (TPSA) is 73.3 Å². The van der Waals surface area contributed by atoms with Gasteiger partial charge in [-0.05, 0) is 4.63 Å². The van der Waals surface area contributed by atoms with Crippen LogP contribution in [0.2, 0.25) is 0 Å². The van der Waals surface area contributed by atoms with Crippen molar-refractivity contribution in [1.82, 2.24) is 5.16 Å². The molecule has 0 saturated heterocycles. The van der Waals surface area contributed by atoms with Gasteiger partial charge in [0.2, 0.25) is 9.84 Å². The highest BCUT2D eigenvalue weighted by Crippen LogP contribution is 2.17. The quantitative estimate of drug-likeness (QED) is 0.691. The highest BCUT2D eigenvalue weighted by Gasteiger charge is 2.35. The van der Waals surface area contributed by atoms with Crippen LogP contribution >= 0.6 is 0 Å². The highest BCUT2D eigenvalue weighted by atomic mass is 32.2. The first kappa shape index (κ1) is 11.0. The second-order valence-electron chi connectivity index (χ2n) is 3.23. The van der Waals surface area contributed by atoms with Gasteiger partial charge in [0.1, 0.15) is 12.0 Å². The zero-order valence-corrected chi connectivity index (χ0v) is 9.33. The van der Waals surface area contributed by atoms with Crippen molar-refractivity contribution in [2.75, 3.05) is 13.4 Å². The molecule has 1 aromatic heterocycles. The molecule has 1 heterocycles. The third-order valence-corrected chi connectivity index (χ3v) is 2.66. The maximum absolute atomic E-state index is 11.3. The number of hydrogen-bond donors (Lipinski definition) is 0.